The van der Waals surface area contributed by atoms with Crippen LogP contribution in [0.25, 0.3) is 0 Å². The Morgan fingerprint density at radius 3 is 2.33 bits per heavy atom. The van der Waals surface area contributed by atoms with Crippen LogP contribution in [0, 0.1) is 0 Å². The SMILES string of the molecule is COCC(C)I. The fraction of sp³-hybridized carbons (Fsp3) is 1.00. The zero-order valence-electron chi connectivity index (χ0n) is 4.07. The predicted molar refractivity (Wildman–Crippen MR) is 35.4 cm³/mol. The predicted octanol–water partition coefficient (Wildman–Crippen LogP) is 1.46. The van der Waals surface area contributed by atoms with Crippen molar-refractivity contribution in [3.63, 3.8) is 0 Å². The molecule has 0 aliphatic carbocycles. The van der Waals surface area contributed by atoms with Gasteiger partial charge in [-0.3, -0.25) is 0 Å². The molecule has 2 heteroatoms. The molecule has 0 spiro atoms. The lowest BCUT2D eigenvalue weighted by atomic mass is 10.5. The van der Waals surface area contributed by atoms with Gasteiger partial charge in [0.25, 0.3) is 0 Å². The first kappa shape index (κ1) is 6.69. The van der Waals surface area contributed by atoms with Gasteiger partial charge in [-0.1, -0.05) is 29.5 Å². The van der Waals surface area contributed by atoms with Crippen molar-refractivity contribution in [3.05, 3.63) is 0 Å². The summed E-state index contributed by atoms with van der Waals surface area (Å²) in [6, 6.07) is 0. The van der Waals surface area contributed by atoms with E-state index in [4.69, 9.17) is 4.74 Å². The first-order chi connectivity index (χ1) is 2.77. The van der Waals surface area contributed by atoms with Crippen LogP contribution in [-0.4, -0.2) is 17.6 Å². The topological polar surface area (TPSA) is 9.23 Å². The molecule has 0 bridgehead atoms. The lowest BCUT2D eigenvalue weighted by Gasteiger charge is -1.95. The van der Waals surface area contributed by atoms with E-state index < -0.39 is 0 Å². The highest BCUT2D eigenvalue weighted by Crippen LogP contribution is 1.95. The number of halogens is 1. The van der Waals surface area contributed by atoms with E-state index in [-0.39, 0.29) is 0 Å². The molecule has 0 heterocycles. The summed E-state index contributed by atoms with van der Waals surface area (Å²) in [4.78, 5) is 0. The molecule has 0 aromatic heterocycles. The van der Waals surface area contributed by atoms with Gasteiger partial charge in [0, 0.05) is 11.0 Å². The molecule has 0 aromatic rings. The summed E-state index contributed by atoms with van der Waals surface area (Å²) < 4.78 is 5.44. The fourth-order valence-electron chi connectivity index (χ4n) is 0.230. The summed E-state index contributed by atoms with van der Waals surface area (Å²) in [5.74, 6) is 0. The van der Waals surface area contributed by atoms with Crippen molar-refractivity contribution in [2.75, 3.05) is 13.7 Å². The second-order valence-electron chi connectivity index (χ2n) is 1.24. The average Bonchev–Trinajstić information content (AvgIpc) is 1.35. The Labute approximate surface area is 52.2 Å². The summed E-state index contributed by atoms with van der Waals surface area (Å²) in [5.41, 5.74) is 0. The van der Waals surface area contributed by atoms with Gasteiger partial charge in [-0.25, -0.2) is 0 Å². The van der Waals surface area contributed by atoms with Crippen LogP contribution in [-0.2, 0) is 4.74 Å². The van der Waals surface area contributed by atoms with E-state index in [0.29, 0.717) is 3.92 Å². The number of methoxy groups -OCH3 is 1. The van der Waals surface area contributed by atoms with Crippen molar-refractivity contribution >= 4 is 22.6 Å². The average molecular weight is 200 g/mol. The van der Waals surface area contributed by atoms with Crippen LogP contribution in [0.3, 0.4) is 0 Å². The molecule has 0 saturated heterocycles. The number of alkyl halides is 1. The smallest absolute Gasteiger partial charge is 0.0577 e. The third-order valence-corrected chi connectivity index (χ3v) is 0.756. The van der Waals surface area contributed by atoms with E-state index in [2.05, 4.69) is 29.5 Å². The van der Waals surface area contributed by atoms with Crippen LogP contribution in [0.2, 0.25) is 0 Å². The zero-order chi connectivity index (χ0) is 4.99. The van der Waals surface area contributed by atoms with Gasteiger partial charge in [0.1, 0.15) is 0 Å². The molecule has 6 heavy (non-hydrogen) atoms. The Kier molecular flexibility index (Phi) is 4.31. The Bertz CT molecular complexity index is 28.7. The maximum absolute atomic E-state index is 4.80. The second kappa shape index (κ2) is 3.87. The van der Waals surface area contributed by atoms with Gasteiger partial charge in [0.05, 0.1) is 6.61 Å². The molecule has 1 unspecified atom stereocenters. The molecule has 0 aliphatic rings. The van der Waals surface area contributed by atoms with Crippen LogP contribution in [0.15, 0.2) is 0 Å². The summed E-state index contributed by atoms with van der Waals surface area (Å²) >= 11 is 2.32. The van der Waals surface area contributed by atoms with Gasteiger partial charge in [-0.05, 0) is 0 Å². The van der Waals surface area contributed by atoms with Crippen LogP contribution in [0.4, 0.5) is 0 Å². The maximum Gasteiger partial charge on any atom is 0.0577 e. The normalized spacial score (nSPS) is 14.5. The minimum Gasteiger partial charge on any atom is -0.384 e. The summed E-state index contributed by atoms with van der Waals surface area (Å²) in [7, 11) is 1.72. The van der Waals surface area contributed by atoms with Crippen molar-refractivity contribution in [2.45, 2.75) is 10.8 Å². The first-order valence-corrected chi connectivity index (χ1v) is 3.15. The van der Waals surface area contributed by atoms with Crippen LogP contribution in [0.1, 0.15) is 6.92 Å². The van der Waals surface area contributed by atoms with Gasteiger partial charge >= 0.3 is 0 Å². The van der Waals surface area contributed by atoms with E-state index in [0.717, 1.165) is 6.61 Å². The van der Waals surface area contributed by atoms with Gasteiger partial charge in [-0.2, -0.15) is 0 Å². The van der Waals surface area contributed by atoms with Gasteiger partial charge < -0.3 is 4.74 Å². The fourth-order valence-corrected chi connectivity index (χ4v) is 0.589. The van der Waals surface area contributed by atoms with Gasteiger partial charge in [0.15, 0.2) is 0 Å². The summed E-state index contributed by atoms with van der Waals surface area (Å²) in [5, 5.41) is 0. The third kappa shape index (κ3) is 4.69. The Hall–Kier alpha value is 0.690. The van der Waals surface area contributed by atoms with Crippen molar-refractivity contribution in [2.24, 2.45) is 0 Å². The highest BCUT2D eigenvalue weighted by molar-refractivity contribution is 14.1. The Balaban J connectivity index is 2.63. The van der Waals surface area contributed by atoms with Crippen LogP contribution in [0.5, 0.6) is 0 Å². The van der Waals surface area contributed by atoms with E-state index >= 15 is 0 Å². The highest BCUT2D eigenvalue weighted by Gasteiger charge is 1.88. The molecule has 0 aromatic carbocycles. The molecule has 0 N–H and O–H groups in total. The molecule has 38 valence electrons. The van der Waals surface area contributed by atoms with Crippen molar-refractivity contribution in [1.82, 2.24) is 0 Å². The lowest BCUT2D eigenvalue weighted by Crippen LogP contribution is -1.98. The van der Waals surface area contributed by atoms with Crippen molar-refractivity contribution < 1.29 is 4.74 Å². The highest BCUT2D eigenvalue weighted by atomic mass is 127. The van der Waals surface area contributed by atoms with Crippen LogP contribution < -0.4 is 0 Å². The van der Waals surface area contributed by atoms with E-state index in [1.165, 1.54) is 0 Å². The minimum atomic E-state index is 0.646. The van der Waals surface area contributed by atoms with Gasteiger partial charge in [-0.15, -0.1) is 0 Å². The standard InChI is InChI=1S/C4H9IO/c1-4(5)3-6-2/h4H,3H2,1-2H3. The molecule has 0 saturated carbocycles. The largest absolute Gasteiger partial charge is 0.384 e. The van der Waals surface area contributed by atoms with Gasteiger partial charge in [0.2, 0.25) is 0 Å². The minimum absolute atomic E-state index is 0.646. The Morgan fingerprint density at radius 2 is 2.33 bits per heavy atom. The molecular formula is C4H9IO. The first-order valence-electron chi connectivity index (χ1n) is 1.90. The second-order valence-corrected chi connectivity index (χ2v) is 3.36. The van der Waals surface area contributed by atoms with E-state index in [1.807, 2.05) is 0 Å². The number of hydrogen-bond donors (Lipinski definition) is 0. The molecule has 0 amide bonds. The van der Waals surface area contributed by atoms with E-state index in [9.17, 15) is 0 Å². The number of rotatable bonds is 2. The zero-order valence-corrected chi connectivity index (χ0v) is 6.23. The van der Waals surface area contributed by atoms with Crippen LogP contribution >= 0.6 is 22.6 Å². The summed E-state index contributed by atoms with van der Waals surface area (Å²) in [6.45, 7) is 2.98. The molecule has 0 aliphatic heterocycles. The molecule has 1 atom stereocenters. The number of ether oxygens (including phenoxy) is 1. The lowest BCUT2D eigenvalue weighted by molar-refractivity contribution is 0.206. The summed E-state index contributed by atoms with van der Waals surface area (Å²) in [6.07, 6.45) is 0. The molecule has 0 fully saturated rings. The number of hydrogen-bond acceptors (Lipinski definition) is 1. The molecule has 0 rings (SSSR count). The van der Waals surface area contributed by atoms with Crippen molar-refractivity contribution in [1.29, 1.82) is 0 Å². The quantitative estimate of drug-likeness (QED) is 0.484. The Morgan fingerprint density at radius 1 is 1.83 bits per heavy atom. The van der Waals surface area contributed by atoms with Crippen molar-refractivity contribution in [3.8, 4) is 0 Å². The molecule has 1 nitrogen and oxygen atoms in total. The maximum atomic E-state index is 4.80. The monoisotopic (exact) mass is 200 g/mol. The molecular weight excluding hydrogens is 191 g/mol. The van der Waals surface area contributed by atoms with E-state index in [1.54, 1.807) is 7.11 Å². The molecule has 0 radical (unpaired) electrons. The third-order valence-electron chi connectivity index (χ3n) is 0.396.